The highest BCUT2D eigenvalue weighted by atomic mass is 16.1. The van der Waals surface area contributed by atoms with Gasteiger partial charge in [-0.25, -0.2) is 0 Å². The predicted molar refractivity (Wildman–Crippen MR) is 86.7 cm³/mol. The fraction of sp³-hybridized carbons (Fsp3) is 0.850. The van der Waals surface area contributed by atoms with Crippen molar-refractivity contribution in [2.75, 3.05) is 0 Å². The van der Waals surface area contributed by atoms with Gasteiger partial charge in [0.15, 0.2) is 0 Å². The summed E-state index contributed by atoms with van der Waals surface area (Å²) in [7, 11) is 0. The Morgan fingerprint density at radius 1 is 0.870 bits per heavy atom. The molecule has 0 bridgehead atoms. The average Bonchev–Trinajstić information content (AvgIpc) is 2.79. The molecule has 4 aliphatic carbocycles. The lowest BCUT2D eigenvalue weighted by molar-refractivity contribution is -0.176. The zero-order chi connectivity index (χ0) is 16.6. The van der Waals surface area contributed by atoms with E-state index in [0.29, 0.717) is 49.2 Å². The fourth-order valence-corrected chi connectivity index (χ4v) is 6.94. The topological polar surface area (TPSA) is 51.2 Å². The van der Waals surface area contributed by atoms with Crippen molar-refractivity contribution in [3.8, 4) is 0 Å². The van der Waals surface area contributed by atoms with Gasteiger partial charge in [-0.1, -0.05) is 20.8 Å². The Morgan fingerprint density at radius 3 is 2.35 bits per heavy atom. The first-order chi connectivity index (χ1) is 10.7. The van der Waals surface area contributed by atoms with Gasteiger partial charge in [-0.15, -0.1) is 0 Å². The molecular weight excluding hydrogens is 288 g/mol. The SMILES string of the molecule is C[C@]12CCC3C(CC(=O)[C@@]4(C)CC(=O)CC[C@]34C)C1CCC2=O. The van der Waals surface area contributed by atoms with Gasteiger partial charge in [0.2, 0.25) is 0 Å². The van der Waals surface area contributed by atoms with E-state index in [2.05, 4.69) is 20.8 Å². The number of hydrogen-bond donors (Lipinski definition) is 0. The molecule has 4 aliphatic rings. The van der Waals surface area contributed by atoms with Crippen LogP contribution in [0.5, 0.6) is 0 Å². The van der Waals surface area contributed by atoms with Crippen LogP contribution in [0, 0.1) is 34.0 Å². The van der Waals surface area contributed by atoms with Crippen molar-refractivity contribution in [3.05, 3.63) is 0 Å². The van der Waals surface area contributed by atoms with Crippen LogP contribution in [0.15, 0.2) is 0 Å². The Labute approximate surface area is 138 Å². The summed E-state index contributed by atoms with van der Waals surface area (Å²) in [4.78, 5) is 37.6. The highest BCUT2D eigenvalue weighted by molar-refractivity contribution is 5.94. The molecule has 0 amide bonds. The van der Waals surface area contributed by atoms with Crippen LogP contribution in [-0.4, -0.2) is 17.3 Å². The minimum atomic E-state index is -0.472. The highest BCUT2D eigenvalue weighted by Crippen LogP contribution is 2.67. The summed E-state index contributed by atoms with van der Waals surface area (Å²) in [6.45, 7) is 6.47. The molecule has 0 spiro atoms. The first-order valence-corrected chi connectivity index (χ1v) is 9.31. The van der Waals surface area contributed by atoms with Crippen LogP contribution in [0.4, 0.5) is 0 Å². The Bertz CT molecular complexity index is 608. The van der Waals surface area contributed by atoms with Gasteiger partial charge in [-0.3, -0.25) is 14.4 Å². The third-order valence-electron chi connectivity index (χ3n) is 8.74. The first-order valence-electron chi connectivity index (χ1n) is 9.31. The maximum absolute atomic E-state index is 13.1. The quantitative estimate of drug-likeness (QED) is 0.684. The normalized spacial score (nSPS) is 52.8. The van der Waals surface area contributed by atoms with E-state index in [-0.39, 0.29) is 22.4 Å². The molecule has 4 fully saturated rings. The number of hydrogen-bond acceptors (Lipinski definition) is 3. The highest BCUT2D eigenvalue weighted by Gasteiger charge is 2.66. The van der Waals surface area contributed by atoms with Crippen LogP contribution < -0.4 is 0 Å². The van der Waals surface area contributed by atoms with E-state index in [4.69, 9.17) is 0 Å². The molecule has 0 radical (unpaired) electrons. The van der Waals surface area contributed by atoms with Gasteiger partial charge in [0.25, 0.3) is 0 Å². The van der Waals surface area contributed by atoms with Crippen molar-refractivity contribution in [2.45, 2.75) is 72.1 Å². The molecule has 3 unspecified atom stereocenters. The Morgan fingerprint density at radius 2 is 1.61 bits per heavy atom. The number of carbonyl (C=O) groups excluding carboxylic acids is 3. The summed E-state index contributed by atoms with van der Waals surface area (Å²) in [5.41, 5.74) is -0.718. The number of ketones is 3. The molecule has 4 saturated carbocycles. The summed E-state index contributed by atoms with van der Waals surface area (Å²) in [6.07, 6.45) is 6.21. The Balaban J connectivity index is 1.75. The maximum Gasteiger partial charge on any atom is 0.140 e. The zero-order valence-electron chi connectivity index (χ0n) is 14.6. The molecule has 0 N–H and O–H groups in total. The first kappa shape index (κ1) is 15.5. The van der Waals surface area contributed by atoms with Gasteiger partial charge < -0.3 is 0 Å². The second-order valence-electron chi connectivity index (χ2n) is 9.39. The van der Waals surface area contributed by atoms with Crippen molar-refractivity contribution >= 4 is 17.3 Å². The average molecular weight is 316 g/mol. The van der Waals surface area contributed by atoms with Crippen LogP contribution in [0.2, 0.25) is 0 Å². The number of carbonyl (C=O) groups is 3. The van der Waals surface area contributed by atoms with Crippen LogP contribution in [0.25, 0.3) is 0 Å². The molecule has 3 heteroatoms. The number of Topliss-reactive ketones (excluding diaryl/α,β-unsaturated/α-hetero) is 3. The zero-order valence-corrected chi connectivity index (χ0v) is 14.6. The minimum absolute atomic E-state index is 0.0616. The summed E-state index contributed by atoms with van der Waals surface area (Å²) in [6, 6.07) is 0. The van der Waals surface area contributed by atoms with E-state index in [1.54, 1.807) is 0 Å². The van der Waals surface area contributed by atoms with Crippen molar-refractivity contribution < 1.29 is 14.4 Å². The number of fused-ring (bicyclic) bond motifs is 5. The van der Waals surface area contributed by atoms with E-state index in [9.17, 15) is 14.4 Å². The van der Waals surface area contributed by atoms with Crippen molar-refractivity contribution in [3.63, 3.8) is 0 Å². The van der Waals surface area contributed by atoms with Crippen molar-refractivity contribution in [1.29, 1.82) is 0 Å². The van der Waals surface area contributed by atoms with Gasteiger partial charge in [-0.2, -0.15) is 0 Å². The van der Waals surface area contributed by atoms with Gasteiger partial charge in [0, 0.05) is 36.5 Å². The second kappa shape index (κ2) is 4.55. The van der Waals surface area contributed by atoms with E-state index >= 15 is 0 Å². The molecule has 6 atom stereocenters. The van der Waals surface area contributed by atoms with Gasteiger partial charge in [0.05, 0.1) is 0 Å². The van der Waals surface area contributed by atoms with E-state index in [1.807, 2.05) is 0 Å². The monoisotopic (exact) mass is 316 g/mol. The predicted octanol–water partition coefficient (Wildman–Crippen LogP) is 3.74. The lowest BCUT2D eigenvalue weighted by Gasteiger charge is -2.62. The van der Waals surface area contributed by atoms with Crippen molar-refractivity contribution in [2.24, 2.45) is 34.0 Å². The Kier molecular flexibility index (Phi) is 3.07. The molecular formula is C20H28O3. The van der Waals surface area contributed by atoms with Gasteiger partial charge in [0.1, 0.15) is 17.3 Å². The lowest BCUT2D eigenvalue weighted by atomic mass is 9.40. The van der Waals surface area contributed by atoms with Crippen molar-refractivity contribution in [1.82, 2.24) is 0 Å². The third-order valence-corrected chi connectivity index (χ3v) is 8.74. The van der Waals surface area contributed by atoms with Crippen LogP contribution in [0.1, 0.15) is 72.1 Å². The molecule has 4 rings (SSSR count). The third kappa shape index (κ3) is 1.74. The van der Waals surface area contributed by atoms with Crippen LogP contribution in [-0.2, 0) is 14.4 Å². The maximum atomic E-state index is 13.1. The van der Waals surface area contributed by atoms with Crippen LogP contribution >= 0.6 is 0 Å². The molecule has 3 nitrogen and oxygen atoms in total. The van der Waals surface area contributed by atoms with Gasteiger partial charge in [-0.05, 0) is 48.9 Å². The molecule has 0 saturated heterocycles. The molecule has 0 heterocycles. The van der Waals surface area contributed by atoms with Crippen LogP contribution in [0.3, 0.4) is 0 Å². The summed E-state index contributed by atoms with van der Waals surface area (Å²) < 4.78 is 0. The molecule has 126 valence electrons. The molecule has 0 aliphatic heterocycles. The molecule has 23 heavy (non-hydrogen) atoms. The van der Waals surface area contributed by atoms with Gasteiger partial charge >= 0.3 is 0 Å². The van der Waals surface area contributed by atoms with E-state index in [0.717, 1.165) is 25.7 Å². The largest absolute Gasteiger partial charge is 0.300 e. The fourth-order valence-electron chi connectivity index (χ4n) is 6.94. The molecule has 0 aromatic heterocycles. The number of rotatable bonds is 0. The summed E-state index contributed by atoms with van der Waals surface area (Å²) in [5.74, 6) is 2.22. The smallest absolute Gasteiger partial charge is 0.140 e. The second-order valence-corrected chi connectivity index (χ2v) is 9.39. The molecule has 0 aromatic carbocycles. The standard InChI is InChI=1S/C20H28O3/c1-18-8-7-15-13(14(18)4-5-16(18)22)10-17(23)20(3)11-12(21)6-9-19(15,20)2/h13-15H,4-11H2,1-3H3/t13?,14?,15?,18-,19+,20+/m0/s1. The molecule has 0 aromatic rings. The minimum Gasteiger partial charge on any atom is -0.300 e. The Hall–Kier alpha value is -0.990. The lowest BCUT2D eigenvalue weighted by Crippen LogP contribution is -2.61. The summed E-state index contributed by atoms with van der Waals surface area (Å²) in [5, 5.41) is 0. The summed E-state index contributed by atoms with van der Waals surface area (Å²) >= 11 is 0. The van der Waals surface area contributed by atoms with E-state index in [1.165, 1.54) is 0 Å². The van der Waals surface area contributed by atoms with E-state index < -0.39 is 5.41 Å².